The molecule has 0 saturated heterocycles. The molecule has 2 unspecified atom stereocenters. The summed E-state index contributed by atoms with van der Waals surface area (Å²) in [5, 5.41) is -0.313. The Labute approximate surface area is 113 Å². The molecule has 1 aromatic carbocycles. The van der Waals surface area contributed by atoms with Gasteiger partial charge in [0.15, 0.2) is 0 Å². The summed E-state index contributed by atoms with van der Waals surface area (Å²) in [4.78, 5) is 0. The number of benzene rings is 1. The van der Waals surface area contributed by atoms with E-state index in [0.717, 1.165) is 18.4 Å². The molecule has 0 amide bonds. The van der Waals surface area contributed by atoms with Crippen molar-refractivity contribution in [2.45, 2.75) is 44.0 Å². The summed E-state index contributed by atoms with van der Waals surface area (Å²) < 4.78 is 42.0. The van der Waals surface area contributed by atoms with Crippen LogP contribution in [0, 0.1) is 12.7 Å². The zero-order valence-electron chi connectivity index (χ0n) is 11.2. The Morgan fingerprint density at radius 2 is 2.05 bits per heavy atom. The minimum atomic E-state index is -3.01. The Kier molecular flexibility index (Phi) is 4.13. The van der Waals surface area contributed by atoms with E-state index in [0.29, 0.717) is 18.6 Å². The summed E-state index contributed by atoms with van der Waals surface area (Å²) in [6.45, 7) is 1.79. The Morgan fingerprint density at radius 1 is 1.32 bits per heavy atom. The van der Waals surface area contributed by atoms with Crippen molar-refractivity contribution in [3.8, 4) is 5.75 Å². The summed E-state index contributed by atoms with van der Waals surface area (Å²) in [6.07, 6.45) is 4.11. The Balaban J connectivity index is 2.07. The van der Waals surface area contributed by atoms with Crippen LogP contribution >= 0.6 is 0 Å². The van der Waals surface area contributed by atoms with E-state index in [1.54, 1.807) is 13.0 Å². The summed E-state index contributed by atoms with van der Waals surface area (Å²) in [5.41, 5.74) is 0.737. The lowest BCUT2D eigenvalue weighted by molar-refractivity contribution is 0.155. The number of ether oxygens (including phenoxy) is 1. The maximum atomic E-state index is 13.0. The number of aryl methyl sites for hydroxylation is 1. The van der Waals surface area contributed by atoms with Crippen molar-refractivity contribution in [3.05, 3.63) is 29.6 Å². The van der Waals surface area contributed by atoms with Crippen molar-refractivity contribution >= 4 is 9.84 Å². The average Bonchev–Trinajstić information content (AvgIpc) is 2.32. The molecule has 1 aliphatic rings. The topological polar surface area (TPSA) is 43.4 Å². The first-order valence-corrected chi connectivity index (χ1v) is 8.43. The number of hydrogen-bond donors (Lipinski definition) is 0. The normalized spacial score (nSPS) is 24.2. The first-order chi connectivity index (χ1) is 8.86. The van der Waals surface area contributed by atoms with Gasteiger partial charge in [-0.05, 0) is 49.9 Å². The largest absolute Gasteiger partial charge is 0.490 e. The summed E-state index contributed by atoms with van der Waals surface area (Å²) in [5.74, 6) is 0.350. The summed E-state index contributed by atoms with van der Waals surface area (Å²) in [7, 11) is -3.01. The van der Waals surface area contributed by atoms with Crippen LogP contribution < -0.4 is 4.74 Å². The van der Waals surface area contributed by atoms with Crippen LogP contribution in [-0.4, -0.2) is 26.0 Å². The minimum absolute atomic E-state index is 0.0994. The standard InChI is InChI=1S/C14H19FO3S/c1-10-8-11(15)6-7-14(10)18-12-4-3-5-13(9-12)19(2,16)17/h6-8,12-13H,3-5,9H2,1-2H3. The summed E-state index contributed by atoms with van der Waals surface area (Å²) >= 11 is 0. The van der Waals surface area contributed by atoms with Gasteiger partial charge in [0, 0.05) is 12.7 Å². The predicted octanol–water partition coefficient (Wildman–Crippen LogP) is 2.87. The minimum Gasteiger partial charge on any atom is -0.490 e. The van der Waals surface area contributed by atoms with Crippen LogP contribution in [0.25, 0.3) is 0 Å². The number of halogens is 1. The molecule has 0 radical (unpaired) electrons. The van der Waals surface area contributed by atoms with Crippen LogP contribution in [0.2, 0.25) is 0 Å². The van der Waals surface area contributed by atoms with Crippen LogP contribution in [-0.2, 0) is 9.84 Å². The Hall–Kier alpha value is -1.10. The van der Waals surface area contributed by atoms with Gasteiger partial charge >= 0.3 is 0 Å². The van der Waals surface area contributed by atoms with Gasteiger partial charge in [-0.15, -0.1) is 0 Å². The highest BCUT2D eigenvalue weighted by Crippen LogP contribution is 2.29. The number of sulfone groups is 1. The molecule has 0 aromatic heterocycles. The van der Waals surface area contributed by atoms with E-state index in [4.69, 9.17) is 4.74 Å². The lowest BCUT2D eigenvalue weighted by Gasteiger charge is -2.29. The van der Waals surface area contributed by atoms with Crippen LogP contribution in [0.4, 0.5) is 4.39 Å². The quantitative estimate of drug-likeness (QED) is 0.858. The van der Waals surface area contributed by atoms with Crippen molar-refractivity contribution in [1.29, 1.82) is 0 Å². The number of hydrogen-bond acceptors (Lipinski definition) is 3. The predicted molar refractivity (Wildman–Crippen MR) is 72.7 cm³/mol. The molecule has 1 aromatic rings. The molecule has 5 heteroatoms. The lowest BCUT2D eigenvalue weighted by atomic mass is 9.97. The van der Waals surface area contributed by atoms with Gasteiger partial charge < -0.3 is 4.74 Å². The molecule has 1 fully saturated rings. The zero-order valence-corrected chi connectivity index (χ0v) is 12.0. The van der Waals surface area contributed by atoms with Gasteiger partial charge in [0.05, 0.1) is 11.4 Å². The Bertz CT molecular complexity index is 554. The monoisotopic (exact) mass is 286 g/mol. The van der Waals surface area contributed by atoms with Crippen LogP contribution in [0.1, 0.15) is 31.2 Å². The van der Waals surface area contributed by atoms with Crippen LogP contribution in [0.15, 0.2) is 18.2 Å². The second-order valence-electron chi connectivity index (χ2n) is 5.27. The van der Waals surface area contributed by atoms with Crippen molar-refractivity contribution in [2.24, 2.45) is 0 Å². The fraction of sp³-hybridized carbons (Fsp3) is 0.571. The maximum absolute atomic E-state index is 13.0. The average molecular weight is 286 g/mol. The first-order valence-electron chi connectivity index (χ1n) is 6.48. The SMILES string of the molecule is Cc1cc(F)ccc1OC1CCCC(S(C)(=O)=O)C1. The first kappa shape index (κ1) is 14.3. The van der Waals surface area contributed by atoms with E-state index in [-0.39, 0.29) is 17.2 Å². The molecule has 19 heavy (non-hydrogen) atoms. The molecule has 106 valence electrons. The molecule has 2 atom stereocenters. The molecule has 0 bridgehead atoms. The van der Waals surface area contributed by atoms with E-state index in [1.807, 2.05) is 0 Å². The van der Waals surface area contributed by atoms with Gasteiger partial charge in [0.2, 0.25) is 0 Å². The zero-order chi connectivity index (χ0) is 14.0. The third-order valence-corrected chi connectivity index (χ3v) is 5.25. The third-order valence-electron chi connectivity index (χ3n) is 3.61. The van der Waals surface area contributed by atoms with Gasteiger partial charge in [-0.25, -0.2) is 12.8 Å². The smallest absolute Gasteiger partial charge is 0.150 e. The molecule has 2 rings (SSSR count). The van der Waals surface area contributed by atoms with E-state index in [9.17, 15) is 12.8 Å². The summed E-state index contributed by atoms with van der Waals surface area (Å²) in [6, 6.07) is 4.39. The second kappa shape index (κ2) is 5.49. The van der Waals surface area contributed by atoms with Crippen LogP contribution in [0.3, 0.4) is 0 Å². The lowest BCUT2D eigenvalue weighted by Crippen LogP contribution is -2.33. The van der Waals surface area contributed by atoms with Gasteiger partial charge in [-0.3, -0.25) is 0 Å². The van der Waals surface area contributed by atoms with Gasteiger partial charge in [-0.1, -0.05) is 0 Å². The Morgan fingerprint density at radius 3 is 2.68 bits per heavy atom. The molecule has 1 saturated carbocycles. The third kappa shape index (κ3) is 3.69. The van der Waals surface area contributed by atoms with E-state index < -0.39 is 9.84 Å². The van der Waals surface area contributed by atoms with E-state index >= 15 is 0 Å². The molecule has 0 N–H and O–H groups in total. The van der Waals surface area contributed by atoms with E-state index in [2.05, 4.69) is 0 Å². The fourth-order valence-electron chi connectivity index (χ4n) is 2.52. The van der Waals surface area contributed by atoms with Gasteiger partial charge in [0.1, 0.15) is 21.4 Å². The molecule has 0 aliphatic heterocycles. The van der Waals surface area contributed by atoms with Crippen molar-refractivity contribution in [1.82, 2.24) is 0 Å². The van der Waals surface area contributed by atoms with Crippen molar-refractivity contribution < 1.29 is 17.5 Å². The van der Waals surface area contributed by atoms with Gasteiger partial charge in [-0.2, -0.15) is 0 Å². The highest BCUT2D eigenvalue weighted by Gasteiger charge is 2.30. The fourth-order valence-corrected chi connectivity index (χ4v) is 3.68. The van der Waals surface area contributed by atoms with Gasteiger partial charge in [0.25, 0.3) is 0 Å². The highest BCUT2D eigenvalue weighted by molar-refractivity contribution is 7.91. The van der Waals surface area contributed by atoms with Crippen molar-refractivity contribution in [3.63, 3.8) is 0 Å². The molecular formula is C14H19FO3S. The number of rotatable bonds is 3. The van der Waals surface area contributed by atoms with Crippen molar-refractivity contribution in [2.75, 3.05) is 6.26 Å². The molecule has 0 spiro atoms. The maximum Gasteiger partial charge on any atom is 0.150 e. The second-order valence-corrected chi connectivity index (χ2v) is 7.59. The van der Waals surface area contributed by atoms with Crippen LogP contribution in [0.5, 0.6) is 5.75 Å². The molecule has 1 aliphatic carbocycles. The molecule has 0 heterocycles. The molecular weight excluding hydrogens is 267 g/mol. The van der Waals surface area contributed by atoms with E-state index in [1.165, 1.54) is 18.4 Å². The molecule has 3 nitrogen and oxygen atoms in total. The highest BCUT2D eigenvalue weighted by atomic mass is 32.2.